The maximum atomic E-state index is 11.0. The Morgan fingerprint density at radius 2 is 1.92 bits per heavy atom. The van der Waals surface area contributed by atoms with E-state index in [0.717, 1.165) is 25.7 Å². The highest BCUT2D eigenvalue weighted by molar-refractivity contribution is 5.74. The Kier molecular flexibility index (Phi) is 3.31. The molecule has 1 aliphatic rings. The van der Waals surface area contributed by atoms with E-state index in [0.29, 0.717) is 0 Å². The summed E-state index contributed by atoms with van der Waals surface area (Å²) in [6.45, 7) is 1.42. The summed E-state index contributed by atoms with van der Waals surface area (Å²) >= 11 is 0. The van der Waals surface area contributed by atoms with Crippen LogP contribution in [0.25, 0.3) is 0 Å². The Morgan fingerprint density at radius 1 is 1.38 bits per heavy atom. The smallest absolute Gasteiger partial charge is 0.311 e. The van der Waals surface area contributed by atoms with E-state index in [1.807, 2.05) is 0 Å². The molecule has 0 bridgehead atoms. The second kappa shape index (κ2) is 4.09. The number of aliphatic carboxylic acids is 1. The molecule has 1 fully saturated rings. The molecule has 0 aromatic carbocycles. The molecule has 13 heavy (non-hydrogen) atoms. The minimum absolute atomic E-state index is 0.156. The Bertz CT molecular complexity index is 185. The monoisotopic (exact) mass is 186 g/mol. The average molecular weight is 186 g/mol. The van der Waals surface area contributed by atoms with E-state index in [-0.39, 0.29) is 12.5 Å². The van der Waals surface area contributed by atoms with Gasteiger partial charge >= 0.3 is 5.97 Å². The molecule has 0 heterocycles. The Labute approximate surface area is 78.8 Å². The third-order valence-electron chi connectivity index (χ3n) is 3.32. The van der Waals surface area contributed by atoms with E-state index >= 15 is 0 Å². The number of hydrogen-bond acceptors (Lipinski definition) is 2. The molecule has 0 radical (unpaired) electrons. The highest BCUT2D eigenvalue weighted by Crippen LogP contribution is 2.38. The van der Waals surface area contributed by atoms with Gasteiger partial charge in [-0.05, 0) is 25.7 Å². The van der Waals surface area contributed by atoms with Crippen molar-refractivity contribution in [3.8, 4) is 0 Å². The minimum Gasteiger partial charge on any atom is -0.481 e. The third-order valence-corrected chi connectivity index (χ3v) is 3.32. The van der Waals surface area contributed by atoms with Gasteiger partial charge in [0.2, 0.25) is 0 Å². The lowest BCUT2D eigenvalue weighted by atomic mass is 9.70. The molecular weight excluding hydrogens is 168 g/mol. The molecule has 0 unspecified atom stereocenters. The van der Waals surface area contributed by atoms with Gasteiger partial charge in [0.25, 0.3) is 0 Å². The van der Waals surface area contributed by atoms with Crippen LogP contribution in [0.5, 0.6) is 0 Å². The summed E-state index contributed by atoms with van der Waals surface area (Å²) in [5.74, 6) is -0.703. The van der Waals surface area contributed by atoms with Crippen LogP contribution in [-0.2, 0) is 4.79 Å². The average Bonchev–Trinajstić information content (AvgIpc) is 2.17. The van der Waals surface area contributed by atoms with Gasteiger partial charge in [0.15, 0.2) is 0 Å². The van der Waals surface area contributed by atoms with Gasteiger partial charge in [-0.2, -0.15) is 0 Å². The van der Waals surface area contributed by atoms with Crippen molar-refractivity contribution in [1.82, 2.24) is 0 Å². The topological polar surface area (TPSA) is 57.5 Å². The first-order chi connectivity index (χ1) is 6.11. The summed E-state index contributed by atoms with van der Waals surface area (Å²) in [6.07, 6.45) is 5.31. The first kappa shape index (κ1) is 10.5. The second-order valence-electron chi connectivity index (χ2n) is 4.22. The molecule has 3 nitrogen and oxygen atoms in total. The van der Waals surface area contributed by atoms with Crippen LogP contribution in [-0.4, -0.2) is 22.8 Å². The summed E-state index contributed by atoms with van der Waals surface area (Å²) in [6, 6.07) is 0. The molecule has 0 aromatic rings. The van der Waals surface area contributed by atoms with Crippen LogP contribution >= 0.6 is 0 Å². The first-order valence-corrected chi connectivity index (χ1v) is 4.95. The number of carboxylic acids is 1. The Hall–Kier alpha value is -0.570. The lowest BCUT2D eigenvalue weighted by Crippen LogP contribution is -2.40. The summed E-state index contributed by atoms with van der Waals surface area (Å²) in [7, 11) is 0. The van der Waals surface area contributed by atoms with Gasteiger partial charge in [-0.25, -0.2) is 0 Å². The molecule has 3 heteroatoms. The molecule has 0 aliphatic heterocycles. The predicted molar refractivity (Wildman–Crippen MR) is 49.4 cm³/mol. The summed E-state index contributed by atoms with van der Waals surface area (Å²) in [4.78, 5) is 11.0. The van der Waals surface area contributed by atoms with Crippen LogP contribution < -0.4 is 0 Å². The number of hydrogen-bond donors (Lipinski definition) is 2. The van der Waals surface area contributed by atoms with Crippen molar-refractivity contribution in [1.29, 1.82) is 0 Å². The molecular formula is C10H18O3. The number of carboxylic acid groups (broad SMARTS) is 1. The molecule has 0 aromatic heterocycles. The van der Waals surface area contributed by atoms with Gasteiger partial charge in [-0.1, -0.05) is 19.3 Å². The number of rotatable bonds is 3. The molecule has 1 atom stereocenters. The van der Waals surface area contributed by atoms with E-state index in [4.69, 9.17) is 10.2 Å². The van der Waals surface area contributed by atoms with Crippen molar-refractivity contribution < 1.29 is 15.0 Å². The van der Waals surface area contributed by atoms with Crippen LogP contribution in [0.3, 0.4) is 0 Å². The van der Waals surface area contributed by atoms with Crippen molar-refractivity contribution in [2.75, 3.05) is 6.61 Å². The lowest BCUT2D eigenvalue weighted by molar-refractivity contribution is -0.155. The van der Waals surface area contributed by atoms with Gasteiger partial charge in [-0.15, -0.1) is 0 Å². The molecule has 76 valence electrons. The molecule has 1 saturated carbocycles. The van der Waals surface area contributed by atoms with Crippen molar-refractivity contribution in [3.63, 3.8) is 0 Å². The van der Waals surface area contributed by atoms with Crippen LogP contribution in [0.15, 0.2) is 0 Å². The minimum atomic E-state index is -0.916. The standard InChI is InChI=1S/C10H18O3/c1-10(7-11,9(12)13)8-5-3-2-4-6-8/h8,11H,2-7H2,1H3,(H,12,13)/t10-/m1/s1. The van der Waals surface area contributed by atoms with E-state index in [1.54, 1.807) is 6.92 Å². The zero-order valence-electron chi connectivity index (χ0n) is 8.12. The molecule has 0 saturated heterocycles. The molecule has 1 rings (SSSR count). The Balaban J connectivity index is 2.68. The number of aliphatic hydroxyl groups excluding tert-OH is 1. The van der Waals surface area contributed by atoms with Crippen molar-refractivity contribution in [2.45, 2.75) is 39.0 Å². The highest BCUT2D eigenvalue weighted by Gasteiger charge is 2.41. The fraction of sp³-hybridized carbons (Fsp3) is 0.900. The van der Waals surface area contributed by atoms with Crippen LogP contribution in [0.2, 0.25) is 0 Å². The maximum absolute atomic E-state index is 11.0. The van der Waals surface area contributed by atoms with Crippen LogP contribution in [0.4, 0.5) is 0 Å². The fourth-order valence-electron chi connectivity index (χ4n) is 2.11. The predicted octanol–water partition coefficient (Wildman–Crippen LogP) is 1.65. The summed E-state index contributed by atoms with van der Waals surface area (Å²) in [5.41, 5.74) is -0.916. The zero-order chi connectivity index (χ0) is 9.90. The zero-order valence-corrected chi connectivity index (χ0v) is 8.12. The van der Waals surface area contributed by atoms with E-state index in [1.165, 1.54) is 6.42 Å². The van der Waals surface area contributed by atoms with Gasteiger partial charge in [0.05, 0.1) is 12.0 Å². The van der Waals surface area contributed by atoms with Crippen LogP contribution in [0.1, 0.15) is 39.0 Å². The maximum Gasteiger partial charge on any atom is 0.311 e. The van der Waals surface area contributed by atoms with Gasteiger partial charge in [-0.3, -0.25) is 4.79 Å². The van der Waals surface area contributed by atoms with Crippen molar-refractivity contribution in [3.05, 3.63) is 0 Å². The molecule has 2 N–H and O–H groups in total. The largest absolute Gasteiger partial charge is 0.481 e. The second-order valence-corrected chi connectivity index (χ2v) is 4.22. The highest BCUT2D eigenvalue weighted by atomic mass is 16.4. The lowest BCUT2D eigenvalue weighted by Gasteiger charge is -2.34. The SMILES string of the molecule is C[C@](CO)(C(=O)O)C1CCCCC1. The van der Waals surface area contributed by atoms with E-state index in [2.05, 4.69) is 0 Å². The van der Waals surface area contributed by atoms with Crippen molar-refractivity contribution >= 4 is 5.97 Å². The van der Waals surface area contributed by atoms with Crippen molar-refractivity contribution in [2.24, 2.45) is 11.3 Å². The number of aliphatic hydroxyl groups is 1. The molecule has 0 spiro atoms. The van der Waals surface area contributed by atoms with E-state index in [9.17, 15) is 4.79 Å². The first-order valence-electron chi connectivity index (χ1n) is 4.95. The van der Waals surface area contributed by atoms with Gasteiger partial charge in [0, 0.05) is 0 Å². The molecule has 1 aliphatic carbocycles. The van der Waals surface area contributed by atoms with E-state index < -0.39 is 11.4 Å². The Morgan fingerprint density at radius 3 is 2.31 bits per heavy atom. The van der Waals surface area contributed by atoms with Gasteiger partial charge in [0.1, 0.15) is 0 Å². The fourth-order valence-corrected chi connectivity index (χ4v) is 2.11. The normalized spacial score (nSPS) is 23.8. The summed E-state index contributed by atoms with van der Waals surface area (Å²) < 4.78 is 0. The van der Waals surface area contributed by atoms with Crippen LogP contribution in [0, 0.1) is 11.3 Å². The number of carbonyl (C=O) groups is 1. The quantitative estimate of drug-likeness (QED) is 0.704. The van der Waals surface area contributed by atoms with Gasteiger partial charge < -0.3 is 10.2 Å². The molecule has 0 amide bonds. The summed E-state index contributed by atoms with van der Waals surface area (Å²) in [5, 5.41) is 18.2. The third kappa shape index (κ3) is 2.02.